The number of carboxylic acids is 1. The number of ether oxygens (including phenoxy) is 1. The van der Waals surface area contributed by atoms with Gasteiger partial charge in [-0.1, -0.05) is 61.0 Å². The Balaban J connectivity index is 1.33. The highest BCUT2D eigenvalue weighted by Crippen LogP contribution is 2.59. The molecule has 3 aliphatic carbocycles. The maximum atomic E-state index is 11.3. The summed E-state index contributed by atoms with van der Waals surface area (Å²) in [5, 5.41) is 9.31. The molecule has 5 rings (SSSR count). The van der Waals surface area contributed by atoms with Gasteiger partial charge in [-0.3, -0.25) is 4.79 Å². The van der Waals surface area contributed by atoms with Gasteiger partial charge >= 0.3 is 5.97 Å². The van der Waals surface area contributed by atoms with Crippen molar-refractivity contribution in [3.05, 3.63) is 88.5 Å². The number of rotatable bonds is 5. The summed E-state index contributed by atoms with van der Waals surface area (Å²) in [6.45, 7) is 2.85. The number of carbonyl (C=O) groups is 1. The van der Waals surface area contributed by atoms with E-state index in [0.717, 1.165) is 37.0 Å². The molecule has 1 fully saturated rings. The minimum absolute atomic E-state index is 0.0597. The third kappa shape index (κ3) is 3.27. The smallest absolute Gasteiger partial charge is 0.307 e. The second kappa shape index (κ2) is 7.46. The highest BCUT2D eigenvalue weighted by Gasteiger charge is 2.47. The lowest BCUT2D eigenvalue weighted by Gasteiger charge is -2.47. The summed E-state index contributed by atoms with van der Waals surface area (Å²) >= 11 is 0. The summed E-state index contributed by atoms with van der Waals surface area (Å²) in [5.41, 5.74) is 6.55. The van der Waals surface area contributed by atoms with E-state index in [1.54, 1.807) is 0 Å². The van der Waals surface area contributed by atoms with Crippen molar-refractivity contribution >= 4 is 5.97 Å². The highest BCUT2D eigenvalue weighted by molar-refractivity contribution is 5.72. The second-order valence-electron chi connectivity index (χ2n) is 9.14. The fraction of sp³-hybridized carbons (Fsp3) is 0.370. The topological polar surface area (TPSA) is 46.5 Å². The Hall–Kier alpha value is -2.81. The summed E-state index contributed by atoms with van der Waals surface area (Å²) in [7, 11) is 0. The van der Waals surface area contributed by atoms with Crippen molar-refractivity contribution in [2.75, 3.05) is 0 Å². The fourth-order valence-corrected chi connectivity index (χ4v) is 5.89. The average Bonchev–Trinajstić information content (AvgIpc) is 3.08. The molecule has 0 aromatic heterocycles. The summed E-state index contributed by atoms with van der Waals surface area (Å²) in [6, 6.07) is 16.9. The number of aliphatic carboxylic acids is 1. The third-order valence-corrected chi connectivity index (χ3v) is 7.48. The van der Waals surface area contributed by atoms with E-state index in [1.165, 1.54) is 22.3 Å². The minimum Gasteiger partial charge on any atom is -0.489 e. The van der Waals surface area contributed by atoms with E-state index in [4.69, 9.17) is 4.74 Å². The molecule has 1 saturated carbocycles. The van der Waals surface area contributed by atoms with Gasteiger partial charge < -0.3 is 9.84 Å². The van der Waals surface area contributed by atoms with Gasteiger partial charge in [0.15, 0.2) is 0 Å². The fourth-order valence-electron chi connectivity index (χ4n) is 5.89. The molecule has 0 saturated heterocycles. The molecule has 0 amide bonds. The molecule has 30 heavy (non-hydrogen) atoms. The molecule has 3 aliphatic rings. The zero-order valence-corrected chi connectivity index (χ0v) is 17.4. The van der Waals surface area contributed by atoms with E-state index >= 15 is 0 Å². The van der Waals surface area contributed by atoms with Gasteiger partial charge in [0, 0.05) is 5.41 Å². The largest absolute Gasteiger partial charge is 0.489 e. The van der Waals surface area contributed by atoms with Gasteiger partial charge in [0.1, 0.15) is 12.4 Å². The Morgan fingerprint density at radius 1 is 1.10 bits per heavy atom. The van der Waals surface area contributed by atoms with E-state index in [9.17, 15) is 9.90 Å². The van der Waals surface area contributed by atoms with Crippen LogP contribution in [0.2, 0.25) is 0 Å². The Labute approximate surface area is 178 Å². The molecule has 1 N–H and O–H groups in total. The first-order chi connectivity index (χ1) is 14.5. The SMILES string of the molecule is C[C@]12CCC3c4ccc(OCc5ccccc5)cc4CCC3C1=CC=C2CC(=O)O. The van der Waals surface area contributed by atoms with Crippen LogP contribution >= 0.6 is 0 Å². The van der Waals surface area contributed by atoms with Crippen molar-refractivity contribution in [1.29, 1.82) is 0 Å². The zero-order valence-electron chi connectivity index (χ0n) is 17.4. The Morgan fingerprint density at radius 3 is 2.73 bits per heavy atom. The van der Waals surface area contributed by atoms with Gasteiger partial charge in [0.2, 0.25) is 0 Å². The van der Waals surface area contributed by atoms with E-state index in [-0.39, 0.29) is 11.8 Å². The van der Waals surface area contributed by atoms with E-state index in [1.807, 2.05) is 18.2 Å². The van der Waals surface area contributed by atoms with Gasteiger partial charge in [0.05, 0.1) is 6.42 Å². The number of benzene rings is 2. The predicted octanol–water partition coefficient (Wildman–Crippen LogP) is 6.05. The first-order valence-corrected chi connectivity index (χ1v) is 11.0. The van der Waals surface area contributed by atoms with Crippen molar-refractivity contribution in [3.63, 3.8) is 0 Å². The Bertz CT molecular complexity index is 1030. The Kier molecular flexibility index (Phi) is 4.77. The van der Waals surface area contributed by atoms with Crippen LogP contribution in [0.15, 0.2) is 71.8 Å². The van der Waals surface area contributed by atoms with Crippen LogP contribution in [-0.2, 0) is 17.8 Å². The lowest BCUT2D eigenvalue weighted by molar-refractivity contribution is -0.136. The predicted molar refractivity (Wildman–Crippen MR) is 118 cm³/mol. The van der Waals surface area contributed by atoms with Crippen molar-refractivity contribution in [2.45, 2.75) is 51.6 Å². The molecular weight excluding hydrogens is 372 g/mol. The molecule has 3 atom stereocenters. The highest BCUT2D eigenvalue weighted by atomic mass is 16.5. The zero-order chi connectivity index (χ0) is 20.7. The molecule has 154 valence electrons. The lowest BCUT2D eigenvalue weighted by atomic mass is 9.57. The van der Waals surface area contributed by atoms with E-state index in [2.05, 4.69) is 49.4 Å². The summed E-state index contributed by atoms with van der Waals surface area (Å²) in [6.07, 6.45) is 8.82. The number of hydrogen-bond acceptors (Lipinski definition) is 2. The molecule has 0 bridgehead atoms. The molecule has 0 aliphatic heterocycles. The van der Waals surface area contributed by atoms with Crippen molar-refractivity contribution in [2.24, 2.45) is 11.3 Å². The van der Waals surface area contributed by atoms with Crippen LogP contribution < -0.4 is 4.74 Å². The molecule has 0 radical (unpaired) electrons. The molecule has 3 nitrogen and oxygen atoms in total. The molecule has 0 heterocycles. The quantitative estimate of drug-likeness (QED) is 0.664. The molecule has 0 spiro atoms. The molecular formula is C27H28O3. The second-order valence-corrected chi connectivity index (χ2v) is 9.14. The van der Waals surface area contributed by atoms with Crippen molar-refractivity contribution in [3.8, 4) is 5.75 Å². The van der Waals surface area contributed by atoms with E-state index < -0.39 is 5.97 Å². The normalized spacial score (nSPS) is 26.7. The van der Waals surface area contributed by atoms with Crippen LogP contribution in [0.4, 0.5) is 0 Å². The van der Waals surface area contributed by atoms with Gasteiger partial charge in [-0.25, -0.2) is 0 Å². The van der Waals surface area contributed by atoms with Crippen LogP contribution in [0, 0.1) is 11.3 Å². The summed E-state index contributed by atoms with van der Waals surface area (Å²) in [5.74, 6) is 1.28. The van der Waals surface area contributed by atoms with Crippen LogP contribution in [0.3, 0.4) is 0 Å². The van der Waals surface area contributed by atoms with Crippen molar-refractivity contribution in [1.82, 2.24) is 0 Å². The molecule has 2 aromatic carbocycles. The van der Waals surface area contributed by atoms with Crippen LogP contribution in [-0.4, -0.2) is 11.1 Å². The number of fused-ring (bicyclic) bond motifs is 5. The monoisotopic (exact) mass is 400 g/mol. The number of allylic oxidation sites excluding steroid dienone is 3. The van der Waals surface area contributed by atoms with Gasteiger partial charge in [-0.05, 0) is 71.9 Å². The lowest BCUT2D eigenvalue weighted by Crippen LogP contribution is -2.36. The van der Waals surface area contributed by atoms with Gasteiger partial charge in [-0.15, -0.1) is 0 Å². The number of aryl methyl sites for hydroxylation is 1. The summed E-state index contributed by atoms with van der Waals surface area (Å²) in [4.78, 5) is 11.3. The van der Waals surface area contributed by atoms with Crippen LogP contribution in [0.25, 0.3) is 0 Å². The summed E-state index contributed by atoms with van der Waals surface area (Å²) < 4.78 is 6.06. The maximum absolute atomic E-state index is 11.3. The standard InChI is InChI=1S/C27H28O3/c1-27-14-13-23-22-11-9-21(30-17-18-5-3-2-4-6-18)15-19(22)7-10-24(23)25(27)12-8-20(27)16-26(28)29/h2-6,8-9,11-12,15,23-24H,7,10,13-14,16-17H2,1H3,(H,28,29)/t23?,24?,27-/m1/s1. The van der Waals surface area contributed by atoms with Crippen LogP contribution in [0.5, 0.6) is 5.75 Å². The average molecular weight is 401 g/mol. The molecule has 2 aromatic rings. The Morgan fingerprint density at radius 2 is 1.93 bits per heavy atom. The van der Waals surface area contributed by atoms with Gasteiger partial charge in [0.25, 0.3) is 0 Å². The van der Waals surface area contributed by atoms with Crippen LogP contribution in [0.1, 0.15) is 55.2 Å². The van der Waals surface area contributed by atoms with Crippen molar-refractivity contribution < 1.29 is 14.6 Å². The first-order valence-electron chi connectivity index (χ1n) is 11.0. The minimum atomic E-state index is -0.726. The van der Waals surface area contributed by atoms with E-state index in [0.29, 0.717) is 18.4 Å². The molecule has 2 unspecified atom stereocenters. The number of hydrogen-bond donors (Lipinski definition) is 1. The van der Waals surface area contributed by atoms with Gasteiger partial charge in [-0.2, -0.15) is 0 Å². The maximum Gasteiger partial charge on any atom is 0.307 e. The number of carboxylic acid groups (broad SMARTS) is 1. The molecule has 3 heteroatoms. The first kappa shape index (κ1) is 19.2. The third-order valence-electron chi connectivity index (χ3n) is 7.48.